The van der Waals surface area contributed by atoms with Crippen molar-refractivity contribution in [3.63, 3.8) is 0 Å². The lowest BCUT2D eigenvalue weighted by Crippen LogP contribution is -2.27. The molecule has 2 fully saturated rings. The molecular formula is C25H27N7O. The number of hydrogen-bond donors (Lipinski definition) is 1. The molecule has 168 valence electrons. The average molecular weight is 442 g/mol. The van der Waals surface area contributed by atoms with Crippen LogP contribution in [0.15, 0.2) is 31.0 Å². The zero-order chi connectivity index (χ0) is 22.7. The Hall–Kier alpha value is -3.60. The van der Waals surface area contributed by atoms with Gasteiger partial charge in [-0.2, -0.15) is 5.26 Å². The maximum Gasteiger partial charge on any atom is 0.272 e. The molecule has 3 heterocycles. The topological polar surface area (TPSA) is 91.8 Å². The molecule has 3 aliphatic rings. The molecule has 2 unspecified atom stereocenters. The number of fused-ring (bicyclic) bond motifs is 2. The first-order valence-corrected chi connectivity index (χ1v) is 11.6. The zero-order valence-corrected chi connectivity index (χ0v) is 19.0. The van der Waals surface area contributed by atoms with Gasteiger partial charge in [0.2, 0.25) is 0 Å². The molecule has 2 aliphatic carbocycles. The van der Waals surface area contributed by atoms with Crippen LogP contribution < -0.4 is 10.2 Å². The summed E-state index contributed by atoms with van der Waals surface area (Å²) in [5.74, 6) is 1.45. The molecule has 1 saturated heterocycles. The van der Waals surface area contributed by atoms with Crippen LogP contribution in [0.1, 0.15) is 57.5 Å². The van der Waals surface area contributed by atoms with Gasteiger partial charge >= 0.3 is 0 Å². The van der Waals surface area contributed by atoms with Crippen LogP contribution >= 0.6 is 0 Å². The van der Waals surface area contributed by atoms with Gasteiger partial charge in [0.05, 0.1) is 35.6 Å². The first-order valence-electron chi connectivity index (χ1n) is 11.6. The molecule has 1 saturated carbocycles. The van der Waals surface area contributed by atoms with E-state index < -0.39 is 0 Å². The van der Waals surface area contributed by atoms with E-state index in [1.54, 1.807) is 18.9 Å². The van der Waals surface area contributed by atoms with Crippen molar-refractivity contribution in [1.82, 2.24) is 24.4 Å². The predicted molar refractivity (Wildman–Crippen MR) is 123 cm³/mol. The highest BCUT2D eigenvalue weighted by Gasteiger charge is 2.45. The molecule has 0 bridgehead atoms. The maximum absolute atomic E-state index is 12.8. The zero-order valence-electron chi connectivity index (χ0n) is 19.0. The molecule has 6 rings (SSSR count). The van der Waals surface area contributed by atoms with Gasteiger partial charge in [-0.15, -0.1) is 0 Å². The molecule has 3 aromatic rings. The number of carbonyl (C=O) groups is 1. The number of nitrogens with zero attached hydrogens (tertiary/aromatic N) is 6. The Morgan fingerprint density at radius 2 is 2.06 bits per heavy atom. The number of nitriles is 1. The third-order valence-corrected chi connectivity index (χ3v) is 7.60. The molecule has 3 atom stereocenters. The minimum atomic E-state index is -0.186. The number of imidazole rings is 2. The lowest BCUT2D eigenvalue weighted by Gasteiger charge is -2.23. The number of rotatable bonds is 5. The predicted octanol–water partition coefficient (Wildman–Crippen LogP) is 2.72. The summed E-state index contributed by atoms with van der Waals surface area (Å²) in [5, 5.41) is 12.9. The molecule has 0 radical (unpaired) electrons. The molecule has 1 N–H and O–H groups in total. The minimum absolute atomic E-state index is 0.0663. The van der Waals surface area contributed by atoms with E-state index in [1.807, 2.05) is 23.1 Å². The van der Waals surface area contributed by atoms with Gasteiger partial charge < -0.3 is 19.4 Å². The Balaban J connectivity index is 1.16. The van der Waals surface area contributed by atoms with E-state index in [0.29, 0.717) is 12.2 Å². The summed E-state index contributed by atoms with van der Waals surface area (Å²) in [6.45, 7) is 4.72. The first-order chi connectivity index (χ1) is 16.0. The second-order valence-electron chi connectivity index (χ2n) is 9.70. The Morgan fingerprint density at radius 1 is 1.24 bits per heavy atom. The van der Waals surface area contributed by atoms with Crippen LogP contribution in [-0.2, 0) is 20.0 Å². The quantitative estimate of drug-likeness (QED) is 0.657. The summed E-state index contributed by atoms with van der Waals surface area (Å²) in [5.41, 5.74) is 6.43. The van der Waals surface area contributed by atoms with Gasteiger partial charge in [0.1, 0.15) is 11.8 Å². The van der Waals surface area contributed by atoms with Crippen LogP contribution in [0, 0.1) is 30.1 Å². The molecule has 1 aromatic carbocycles. The number of anilines is 1. The average Bonchev–Trinajstić information content (AvgIpc) is 3.27. The van der Waals surface area contributed by atoms with Crippen LogP contribution in [0.4, 0.5) is 5.69 Å². The van der Waals surface area contributed by atoms with Crippen molar-refractivity contribution in [2.24, 2.45) is 18.9 Å². The standard InChI is InChI=1S/C25H27N7O/c1-15-16(3-5-22(19(15)8-26)32-10-17-7-18(17)11-32)9-31-12-21(27-14-31)25(33)29-20-4-6-23-24(20)28-13-30(23)2/h3,5,12-14,17-18,20H,4,6-7,9-11H2,1-2H3,(H,29,33)/t17?,18?,20-/m1/s1. The van der Waals surface area contributed by atoms with Crippen molar-refractivity contribution < 1.29 is 4.79 Å². The Kier molecular flexibility index (Phi) is 4.54. The third kappa shape index (κ3) is 3.39. The fourth-order valence-electron chi connectivity index (χ4n) is 5.53. The summed E-state index contributed by atoms with van der Waals surface area (Å²) in [6, 6.07) is 6.56. The highest BCUT2D eigenvalue weighted by atomic mass is 16.2. The van der Waals surface area contributed by atoms with Crippen molar-refractivity contribution in [2.45, 2.75) is 38.8 Å². The largest absolute Gasteiger partial charge is 0.370 e. The molecular weight excluding hydrogens is 414 g/mol. The Labute approximate surface area is 192 Å². The summed E-state index contributed by atoms with van der Waals surface area (Å²) in [6.07, 6.45) is 8.38. The van der Waals surface area contributed by atoms with Crippen LogP contribution in [0.3, 0.4) is 0 Å². The van der Waals surface area contributed by atoms with Crippen molar-refractivity contribution in [1.29, 1.82) is 5.26 Å². The molecule has 2 aromatic heterocycles. The molecule has 1 aliphatic heterocycles. The van der Waals surface area contributed by atoms with Gasteiger partial charge in [-0.25, -0.2) is 9.97 Å². The van der Waals surface area contributed by atoms with Gasteiger partial charge in [0.25, 0.3) is 5.91 Å². The number of hydrogen-bond acceptors (Lipinski definition) is 5. The number of aryl methyl sites for hydroxylation is 1. The van der Waals surface area contributed by atoms with Crippen molar-refractivity contribution in [2.75, 3.05) is 18.0 Å². The van der Waals surface area contributed by atoms with E-state index in [0.717, 1.165) is 65.8 Å². The highest BCUT2D eigenvalue weighted by Crippen LogP contribution is 2.47. The molecule has 8 heteroatoms. The second kappa shape index (κ2) is 7.48. The van der Waals surface area contributed by atoms with Crippen LogP contribution in [0.5, 0.6) is 0 Å². The summed E-state index contributed by atoms with van der Waals surface area (Å²) >= 11 is 0. The summed E-state index contributed by atoms with van der Waals surface area (Å²) < 4.78 is 3.93. The monoisotopic (exact) mass is 441 g/mol. The fourth-order valence-corrected chi connectivity index (χ4v) is 5.53. The number of amides is 1. The van der Waals surface area contributed by atoms with Crippen LogP contribution in [-0.4, -0.2) is 38.1 Å². The lowest BCUT2D eigenvalue weighted by molar-refractivity contribution is 0.0931. The van der Waals surface area contributed by atoms with Crippen LogP contribution in [0.2, 0.25) is 0 Å². The second-order valence-corrected chi connectivity index (χ2v) is 9.70. The van der Waals surface area contributed by atoms with Gasteiger partial charge in [0.15, 0.2) is 0 Å². The smallest absolute Gasteiger partial charge is 0.272 e. The SMILES string of the molecule is Cc1c(Cn2cnc(C(=O)N[C@@H]3CCc4c3ncn4C)c2)ccc(N2CC3CC3C2)c1C#N. The van der Waals surface area contributed by atoms with Gasteiger partial charge in [-0.05, 0) is 55.2 Å². The molecule has 33 heavy (non-hydrogen) atoms. The minimum Gasteiger partial charge on any atom is -0.370 e. The normalized spacial score (nSPS) is 22.7. The van der Waals surface area contributed by atoms with E-state index in [-0.39, 0.29) is 11.9 Å². The number of aromatic nitrogens is 4. The van der Waals surface area contributed by atoms with E-state index in [2.05, 4.69) is 38.4 Å². The van der Waals surface area contributed by atoms with Crippen molar-refractivity contribution >= 4 is 11.6 Å². The van der Waals surface area contributed by atoms with E-state index in [4.69, 9.17) is 0 Å². The first kappa shape index (κ1) is 20.0. The van der Waals surface area contributed by atoms with Crippen molar-refractivity contribution in [3.8, 4) is 6.07 Å². The van der Waals surface area contributed by atoms with Crippen LogP contribution in [0.25, 0.3) is 0 Å². The van der Waals surface area contributed by atoms with Gasteiger partial charge in [-0.1, -0.05) is 6.07 Å². The van der Waals surface area contributed by atoms with Gasteiger partial charge in [0, 0.05) is 38.6 Å². The Bertz CT molecular complexity index is 1290. The number of piperidine rings is 1. The molecule has 8 nitrogen and oxygen atoms in total. The van der Waals surface area contributed by atoms with Gasteiger partial charge in [-0.3, -0.25) is 4.79 Å². The number of benzene rings is 1. The molecule has 1 amide bonds. The van der Waals surface area contributed by atoms with E-state index >= 15 is 0 Å². The van der Waals surface area contributed by atoms with E-state index in [1.165, 1.54) is 12.1 Å². The third-order valence-electron chi connectivity index (χ3n) is 7.60. The summed E-state index contributed by atoms with van der Waals surface area (Å²) in [7, 11) is 1.98. The van der Waals surface area contributed by atoms with E-state index in [9.17, 15) is 10.1 Å². The molecule has 0 spiro atoms. The number of nitrogens with one attached hydrogen (secondary N) is 1. The summed E-state index contributed by atoms with van der Waals surface area (Å²) in [4.78, 5) is 23.9. The Morgan fingerprint density at radius 3 is 2.85 bits per heavy atom. The highest BCUT2D eigenvalue weighted by molar-refractivity contribution is 5.92. The fraction of sp³-hybridized carbons (Fsp3) is 0.440. The lowest BCUT2D eigenvalue weighted by atomic mass is 10.00. The number of carbonyl (C=O) groups excluding carboxylic acids is 1. The van der Waals surface area contributed by atoms with Crippen molar-refractivity contribution in [3.05, 3.63) is 64.8 Å². The maximum atomic E-state index is 12.8.